The Morgan fingerprint density at radius 1 is 1.44 bits per heavy atom. The van der Waals surface area contributed by atoms with E-state index in [0.717, 1.165) is 0 Å². The van der Waals surface area contributed by atoms with Crippen molar-refractivity contribution < 1.29 is 9.53 Å². The standard InChI is InChI=1S/C12H16N2O2/c1-4-14-10-8(13)6-5-7-9(10)16-12(2,3)11(14)15/h5-7H,4,13H2,1-3H3. The van der Waals surface area contributed by atoms with Crippen LogP contribution in [0.1, 0.15) is 20.8 Å². The molecule has 4 heteroatoms. The van der Waals surface area contributed by atoms with Gasteiger partial charge in [-0.25, -0.2) is 0 Å². The molecule has 0 saturated heterocycles. The molecule has 1 aromatic carbocycles. The fourth-order valence-electron chi connectivity index (χ4n) is 1.96. The zero-order valence-corrected chi connectivity index (χ0v) is 9.78. The van der Waals surface area contributed by atoms with Gasteiger partial charge in [0.15, 0.2) is 5.60 Å². The Hall–Kier alpha value is -1.71. The number of nitrogen functional groups attached to an aromatic ring is 1. The summed E-state index contributed by atoms with van der Waals surface area (Å²) in [5.41, 5.74) is 6.32. The third-order valence-electron chi connectivity index (χ3n) is 2.74. The van der Waals surface area contributed by atoms with E-state index in [2.05, 4.69) is 0 Å². The van der Waals surface area contributed by atoms with Gasteiger partial charge < -0.3 is 15.4 Å². The highest BCUT2D eigenvalue weighted by Gasteiger charge is 2.40. The average molecular weight is 220 g/mol. The lowest BCUT2D eigenvalue weighted by atomic mass is 10.0. The Balaban J connectivity index is 2.61. The lowest BCUT2D eigenvalue weighted by molar-refractivity contribution is -0.132. The smallest absolute Gasteiger partial charge is 0.270 e. The van der Waals surface area contributed by atoms with Crippen LogP contribution in [0, 0.1) is 0 Å². The second kappa shape index (κ2) is 3.40. The van der Waals surface area contributed by atoms with Crippen LogP contribution in [0.25, 0.3) is 0 Å². The second-order valence-electron chi connectivity index (χ2n) is 4.36. The van der Waals surface area contributed by atoms with Crippen molar-refractivity contribution in [3.05, 3.63) is 18.2 Å². The summed E-state index contributed by atoms with van der Waals surface area (Å²) in [6, 6.07) is 5.44. The summed E-state index contributed by atoms with van der Waals surface area (Å²) >= 11 is 0. The van der Waals surface area contributed by atoms with E-state index in [9.17, 15) is 4.79 Å². The van der Waals surface area contributed by atoms with E-state index >= 15 is 0 Å². The van der Waals surface area contributed by atoms with Crippen molar-refractivity contribution in [3.63, 3.8) is 0 Å². The quantitative estimate of drug-likeness (QED) is 0.734. The summed E-state index contributed by atoms with van der Waals surface area (Å²) < 4.78 is 5.67. The predicted molar refractivity (Wildman–Crippen MR) is 63.6 cm³/mol. The lowest BCUT2D eigenvalue weighted by Crippen LogP contribution is -2.52. The molecule has 1 aromatic rings. The molecule has 1 heterocycles. The van der Waals surface area contributed by atoms with Crippen LogP contribution in [0.4, 0.5) is 11.4 Å². The SMILES string of the molecule is CCN1C(=O)C(C)(C)Oc2cccc(N)c21. The zero-order valence-electron chi connectivity index (χ0n) is 9.78. The normalized spacial score (nSPS) is 17.9. The van der Waals surface area contributed by atoms with Gasteiger partial charge in [0.1, 0.15) is 11.4 Å². The molecule has 1 amide bonds. The van der Waals surface area contributed by atoms with Gasteiger partial charge in [0.25, 0.3) is 5.91 Å². The maximum atomic E-state index is 12.1. The van der Waals surface area contributed by atoms with Crippen LogP contribution >= 0.6 is 0 Å². The number of benzene rings is 1. The summed E-state index contributed by atoms with van der Waals surface area (Å²) in [6.45, 7) is 6.05. The number of rotatable bonds is 1. The van der Waals surface area contributed by atoms with Gasteiger partial charge in [0, 0.05) is 6.54 Å². The fourth-order valence-corrected chi connectivity index (χ4v) is 1.96. The first-order chi connectivity index (χ1) is 7.47. The Bertz CT molecular complexity index is 441. The molecule has 0 spiro atoms. The maximum Gasteiger partial charge on any atom is 0.270 e. The molecule has 0 bridgehead atoms. The molecule has 2 rings (SSSR count). The summed E-state index contributed by atoms with van der Waals surface area (Å²) in [5, 5.41) is 0. The number of fused-ring (bicyclic) bond motifs is 1. The van der Waals surface area contributed by atoms with E-state index in [1.807, 2.05) is 19.1 Å². The molecular formula is C12H16N2O2. The van der Waals surface area contributed by atoms with Crippen LogP contribution in [0.5, 0.6) is 5.75 Å². The van der Waals surface area contributed by atoms with Gasteiger partial charge >= 0.3 is 0 Å². The molecule has 16 heavy (non-hydrogen) atoms. The van der Waals surface area contributed by atoms with Crippen LogP contribution in [-0.4, -0.2) is 18.1 Å². The second-order valence-corrected chi connectivity index (χ2v) is 4.36. The molecule has 0 radical (unpaired) electrons. The molecule has 0 atom stereocenters. The molecule has 0 saturated carbocycles. The van der Waals surface area contributed by atoms with Crippen molar-refractivity contribution in [2.75, 3.05) is 17.2 Å². The minimum absolute atomic E-state index is 0.0552. The van der Waals surface area contributed by atoms with Crippen molar-refractivity contribution in [2.24, 2.45) is 0 Å². The largest absolute Gasteiger partial charge is 0.476 e. The maximum absolute atomic E-state index is 12.1. The molecule has 0 fully saturated rings. The van der Waals surface area contributed by atoms with Crippen LogP contribution in [0.2, 0.25) is 0 Å². The number of nitrogens with zero attached hydrogens (tertiary/aromatic N) is 1. The first-order valence-electron chi connectivity index (χ1n) is 5.37. The molecule has 2 N–H and O–H groups in total. The van der Waals surface area contributed by atoms with Gasteiger partial charge in [0.2, 0.25) is 0 Å². The van der Waals surface area contributed by atoms with Gasteiger partial charge in [-0.15, -0.1) is 0 Å². The van der Waals surface area contributed by atoms with Crippen molar-refractivity contribution in [1.82, 2.24) is 0 Å². The topological polar surface area (TPSA) is 55.6 Å². The Morgan fingerprint density at radius 2 is 2.12 bits per heavy atom. The summed E-state index contributed by atoms with van der Waals surface area (Å²) in [6.07, 6.45) is 0. The first-order valence-corrected chi connectivity index (χ1v) is 5.37. The first kappa shape index (κ1) is 10.8. The predicted octanol–water partition coefficient (Wildman–Crippen LogP) is 1.79. The summed E-state index contributed by atoms with van der Waals surface area (Å²) in [7, 11) is 0. The monoisotopic (exact) mass is 220 g/mol. The number of hydrogen-bond donors (Lipinski definition) is 1. The molecule has 0 unspecified atom stereocenters. The minimum Gasteiger partial charge on any atom is -0.476 e. The number of para-hydroxylation sites is 1. The third-order valence-corrected chi connectivity index (χ3v) is 2.74. The third kappa shape index (κ3) is 1.41. The highest BCUT2D eigenvalue weighted by atomic mass is 16.5. The Morgan fingerprint density at radius 3 is 2.75 bits per heavy atom. The average Bonchev–Trinajstić information content (AvgIpc) is 2.21. The van der Waals surface area contributed by atoms with E-state index in [4.69, 9.17) is 10.5 Å². The van der Waals surface area contributed by atoms with Crippen LogP contribution in [0.3, 0.4) is 0 Å². The van der Waals surface area contributed by atoms with Gasteiger partial charge in [-0.05, 0) is 32.9 Å². The van der Waals surface area contributed by atoms with Gasteiger partial charge in [-0.3, -0.25) is 4.79 Å². The van der Waals surface area contributed by atoms with Crippen molar-refractivity contribution >= 4 is 17.3 Å². The zero-order chi connectivity index (χ0) is 11.9. The van der Waals surface area contributed by atoms with E-state index < -0.39 is 5.60 Å². The van der Waals surface area contributed by atoms with Gasteiger partial charge in [-0.1, -0.05) is 6.07 Å². The number of anilines is 2. The molecular weight excluding hydrogens is 204 g/mol. The van der Waals surface area contributed by atoms with E-state index in [1.54, 1.807) is 24.8 Å². The highest BCUT2D eigenvalue weighted by molar-refractivity contribution is 6.04. The van der Waals surface area contributed by atoms with Gasteiger partial charge in [-0.2, -0.15) is 0 Å². The number of carbonyl (C=O) groups is 1. The summed E-state index contributed by atoms with van der Waals surface area (Å²) in [4.78, 5) is 13.8. The van der Waals surface area contributed by atoms with Gasteiger partial charge in [0.05, 0.1) is 5.69 Å². The molecule has 4 nitrogen and oxygen atoms in total. The van der Waals surface area contributed by atoms with Crippen molar-refractivity contribution in [1.29, 1.82) is 0 Å². The fraction of sp³-hybridized carbons (Fsp3) is 0.417. The lowest BCUT2D eigenvalue weighted by Gasteiger charge is -2.38. The molecule has 0 aliphatic carbocycles. The molecule has 0 aromatic heterocycles. The number of amides is 1. The Labute approximate surface area is 95.0 Å². The molecule has 1 aliphatic rings. The number of likely N-dealkylation sites (N-methyl/N-ethyl adjacent to an activating group) is 1. The van der Waals surface area contributed by atoms with Crippen molar-refractivity contribution in [3.8, 4) is 5.75 Å². The number of ether oxygens (including phenoxy) is 1. The highest BCUT2D eigenvalue weighted by Crippen LogP contribution is 2.41. The van der Waals surface area contributed by atoms with Crippen LogP contribution in [0.15, 0.2) is 18.2 Å². The number of hydrogen-bond acceptors (Lipinski definition) is 3. The number of nitrogens with two attached hydrogens (primary N) is 1. The van der Waals surface area contributed by atoms with Crippen LogP contribution < -0.4 is 15.4 Å². The summed E-state index contributed by atoms with van der Waals surface area (Å²) in [5.74, 6) is 0.617. The van der Waals surface area contributed by atoms with E-state index in [-0.39, 0.29) is 5.91 Å². The van der Waals surface area contributed by atoms with E-state index in [0.29, 0.717) is 23.7 Å². The minimum atomic E-state index is -0.823. The number of carbonyl (C=O) groups excluding carboxylic acids is 1. The Kier molecular flexibility index (Phi) is 2.30. The van der Waals surface area contributed by atoms with E-state index in [1.165, 1.54) is 0 Å². The molecule has 86 valence electrons. The molecule has 1 aliphatic heterocycles. The van der Waals surface area contributed by atoms with Crippen molar-refractivity contribution in [2.45, 2.75) is 26.4 Å². The van der Waals surface area contributed by atoms with Crippen LogP contribution in [-0.2, 0) is 4.79 Å².